The number of nitrogens with zero attached hydrogens (tertiary/aromatic N) is 1. The van der Waals surface area contributed by atoms with Crippen LogP contribution in [-0.4, -0.2) is 22.3 Å². The predicted molar refractivity (Wildman–Crippen MR) is 121 cm³/mol. The molecule has 2 heterocycles. The molecule has 1 amide bonds. The standard InChI is InChI=1S/C27H25FN2O/c1-18-7-10-20(11-8-18)27-26-22(23-17-21(28)12-13-24(23)29-26)15-16-30(27)25(31)14-9-19-5-3-2-4-6-19/h2-8,10-13,17,27,29H,9,14-16H2,1H3. The maximum absolute atomic E-state index is 13.9. The zero-order valence-corrected chi connectivity index (χ0v) is 17.6. The lowest BCUT2D eigenvalue weighted by Gasteiger charge is -2.36. The zero-order chi connectivity index (χ0) is 21.4. The molecule has 0 spiro atoms. The van der Waals surface area contributed by atoms with E-state index in [2.05, 4.69) is 48.3 Å². The van der Waals surface area contributed by atoms with Gasteiger partial charge in [0.15, 0.2) is 0 Å². The molecule has 3 nitrogen and oxygen atoms in total. The highest BCUT2D eigenvalue weighted by Crippen LogP contribution is 2.39. The first-order chi connectivity index (χ1) is 15.1. The van der Waals surface area contributed by atoms with Gasteiger partial charge in [0.2, 0.25) is 5.91 Å². The number of fused-ring (bicyclic) bond motifs is 3. The Morgan fingerprint density at radius 1 is 1.06 bits per heavy atom. The first-order valence-corrected chi connectivity index (χ1v) is 10.8. The molecule has 3 aromatic carbocycles. The maximum atomic E-state index is 13.9. The molecule has 0 bridgehead atoms. The van der Waals surface area contributed by atoms with Crippen LogP contribution in [0, 0.1) is 12.7 Å². The second-order valence-electron chi connectivity index (χ2n) is 8.34. The van der Waals surface area contributed by atoms with E-state index in [-0.39, 0.29) is 17.8 Å². The van der Waals surface area contributed by atoms with Crippen LogP contribution < -0.4 is 0 Å². The number of halogens is 1. The van der Waals surface area contributed by atoms with Gasteiger partial charge in [-0.3, -0.25) is 4.79 Å². The quantitative estimate of drug-likeness (QED) is 0.457. The van der Waals surface area contributed by atoms with Crippen LogP contribution in [0.3, 0.4) is 0 Å². The first-order valence-electron chi connectivity index (χ1n) is 10.8. The molecule has 0 fully saturated rings. The lowest BCUT2D eigenvalue weighted by atomic mass is 9.91. The first kappa shape index (κ1) is 19.6. The molecule has 1 unspecified atom stereocenters. The molecule has 0 saturated heterocycles. The molecule has 1 atom stereocenters. The number of rotatable bonds is 4. The Bertz CT molecular complexity index is 1230. The van der Waals surface area contributed by atoms with Crippen molar-refractivity contribution in [3.8, 4) is 0 Å². The molecule has 4 heteroatoms. The van der Waals surface area contributed by atoms with Gasteiger partial charge in [0, 0.05) is 29.6 Å². The van der Waals surface area contributed by atoms with Gasteiger partial charge >= 0.3 is 0 Å². The number of aromatic nitrogens is 1. The lowest BCUT2D eigenvalue weighted by molar-refractivity contribution is -0.133. The van der Waals surface area contributed by atoms with E-state index in [0.29, 0.717) is 13.0 Å². The van der Waals surface area contributed by atoms with Gasteiger partial charge in [-0.1, -0.05) is 60.2 Å². The smallest absolute Gasteiger partial charge is 0.223 e. The number of aryl methyl sites for hydroxylation is 2. The molecule has 156 valence electrons. The van der Waals surface area contributed by atoms with Crippen LogP contribution >= 0.6 is 0 Å². The minimum atomic E-state index is -0.234. The van der Waals surface area contributed by atoms with E-state index in [4.69, 9.17) is 0 Å². The number of carbonyl (C=O) groups is 1. The Morgan fingerprint density at radius 2 is 1.84 bits per heavy atom. The van der Waals surface area contributed by atoms with Gasteiger partial charge < -0.3 is 9.88 Å². The third-order valence-corrected chi connectivity index (χ3v) is 6.27. The number of hydrogen-bond donors (Lipinski definition) is 1. The summed E-state index contributed by atoms with van der Waals surface area (Å²) >= 11 is 0. The van der Waals surface area contributed by atoms with Crippen LogP contribution in [-0.2, 0) is 17.6 Å². The molecular weight excluding hydrogens is 387 g/mol. The van der Waals surface area contributed by atoms with Crippen molar-refractivity contribution in [1.82, 2.24) is 9.88 Å². The highest BCUT2D eigenvalue weighted by Gasteiger charge is 2.34. The van der Waals surface area contributed by atoms with Crippen LogP contribution in [0.2, 0.25) is 0 Å². The highest BCUT2D eigenvalue weighted by molar-refractivity contribution is 5.86. The average Bonchev–Trinajstić information content (AvgIpc) is 3.16. The van der Waals surface area contributed by atoms with E-state index in [1.54, 1.807) is 12.1 Å². The third-order valence-electron chi connectivity index (χ3n) is 6.27. The maximum Gasteiger partial charge on any atom is 0.223 e. The summed E-state index contributed by atoms with van der Waals surface area (Å²) in [6.45, 7) is 2.69. The number of nitrogens with one attached hydrogen (secondary N) is 1. The Morgan fingerprint density at radius 3 is 2.61 bits per heavy atom. The fraction of sp³-hybridized carbons (Fsp3) is 0.222. The van der Waals surface area contributed by atoms with E-state index in [1.807, 2.05) is 23.1 Å². The van der Waals surface area contributed by atoms with Crippen LogP contribution in [0.15, 0.2) is 72.8 Å². The van der Waals surface area contributed by atoms with Crippen LogP contribution in [0.4, 0.5) is 4.39 Å². The number of H-pyrrole nitrogens is 1. The van der Waals surface area contributed by atoms with E-state index in [1.165, 1.54) is 17.2 Å². The van der Waals surface area contributed by atoms with Gasteiger partial charge in [0.1, 0.15) is 5.82 Å². The molecular formula is C27H25FN2O. The van der Waals surface area contributed by atoms with E-state index in [9.17, 15) is 9.18 Å². The average molecular weight is 413 g/mol. The Labute approximate surface area is 181 Å². The molecule has 5 rings (SSSR count). The molecule has 0 aliphatic carbocycles. The van der Waals surface area contributed by atoms with E-state index >= 15 is 0 Å². The number of hydrogen-bond acceptors (Lipinski definition) is 1. The molecule has 0 radical (unpaired) electrons. The number of amides is 1. The fourth-order valence-electron chi connectivity index (χ4n) is 4.66. The minimum absolute atomic E-state index is 0.143. The topological polar surface area (TPSA) is 36.1 Å². The highest BCUT2D eigenvalue weighted by atomic mass is 19.1. The van der Waals surface area contributed by atoms with E-state index in [0.717, 1.165) is 40.6 Å². The molecule has 1 aliphatic heterocycles. The number of aromatic amines is 1. The Hall–Kier alpha value is -3.40. The van der Waals surface area contributed by atoms with Crippen molar-refractivity contribution in [2.24, 2.45) is 0 Å². The van der Waals surface area contributed by atoms with Crippen molar-refractivity contribution < 1.29 is 9.18 Å². The van der Waals surface area contributed by atoms with E-state index < -0.39 is 0 Å². The zero-order valence-electron chi connectivity index (χ0n) is 17.6. The van der Waals surface area contributed by atoms with Crippen LogP contribution in [0.25, 0.3) is 10.9 Å². The van der Waals surface area contributed by atoms with Crippen molar-refractivity contribution in [2.75, 3.05) is 6.54 Å². The number of benzene rings is 3. The van der Waals surface area contributed by atoms with Gasteiger partial charge in [-0.05, 0) is 54.7 Å². The van der Waals surface area contributed by atoms with Crippen molar-refractivity contribution in [1.29, 1.82) is 0 Å². The molecule has 4 aromatic rings. The van der Waals surface area contributed by atoms with Crippen molar-refractivity contribution in [3.05, 3.63) is 107 Å². The Balaban J connectivity index is 1.52. The second kappa shape index (κ2) is 8.03. The summed E-state index contributed by atoms with van der Waals surface area (Å²) in [5.41, 5.74) is 6.46. The van der Waals surface area contributed by atoms with Gasteiger partial charge in [0.25, 0.3) is 0 Å². The van der Waals surface area contributed by atoms with Gasteiger partial charge in [-0.2, -0.15) is 0 Å². The molecule has 31 heavy (non-hydrogen) atoms. The van der Waals surface area contributed by atoms with Gasteiger partial charge in [-0.25, -0.2) is 4.39 Å². The largest absolute Gasteiger partial charge is 0.356 e. The summed E-state index contributed by atoms with van der Waals surface area (Å²) in [5, 5.41) is 0.920. The van der Waals surface area contributed by atoms with Gasteiger partial charge in [-0.15, -0.1) is 0 Å². The third kappa shape index (κ3) is 3.74. The summed E-state index contributed by atoms with van der Waals surface area (Å²) in [6.07, 6.45) is 1.91. The summed E-state index contributed by atoms with van der Waals surface area (Å²) in [4.78, 5) is 18.8. The summed E-state index contributed by atoms with van der Waals surface area (Å²) in [7, 11) is 0. The van der Waals surface area contributed by atoms with Crippen molar-refractivity contribution >= 4 is 16.8 Å². The van der Waals surface area contributed by atoms with Crippen molar-refractivity contribution in [3.63, 3.8) is 0 Å². The lowest BCUT2D eigenvalue weighted by Crippen LogP contribution is -2.40. The molecule has 1 N–H and O–H groups in total. The van der Waals surface area contributed by atoms with Crippen LogP contribution in [0.1, 0.15) is 40.4 Å². The molecule has 1 aliphatic rings. The SMILES string of the molecule is Cc1ccc(C2c3[nH]c4ccc(F)cc4c3CCN2C(=O)CCc2ccccc2)cc1. The summed E-state index contributed by atoms with van der Waals surface area (Å²) < 4.78 is 13.9. The Kier molecular flexibility index (Phi) is 5.06. The summed E-state index contributed by atoms with van der Waals surface area (Å²) in [6, 6.07) is 23.2. The molecule has 1 aromatic heterocycles. The second-order valence-corrected chi connectivity index (χ2v) is 8.34. The predicted octanol–water partition coefficient (Wildman–Crippen LogP) is 5.72. The van der Waals surface area contributed by atoms with Gasteiger partial charge in [0.05, 0.1) is 6.04 Å². The fourth-order valence-corrected chi connectivity index (χ4v) is 4.66. The minimum Gasteiger partial charge on any atom is -0.356 e. The molecule has 0 saturated carbocycles. The number of carbonyl (C=O) groups excluding carboxylic acids is 1. The normalized spacial score (nSPS) is 15.8. The summed E-state index contributed by atoms with van der Waals surface area (Å²) in [5.74, 6) is -0.0903. The van der Waals surface area contributed by atoms with Crippen molar-refractivity contribution in [2.45, 2.75) is 32.2 Å². The van der Waals surface area contributed by atoms with Crippen LogP contribution in [0.5, 0.6) is 0 Å². The monoisotopic (exact) mass is 412 g/mol.